The number of nitrogens with one attached hydrogen (secondary N) is 2. The first-order valence-corrected chi connectivity index (χ1v) is 8.88. The molecule has 1 atom stereocenters. The van der Waals surface area contributed by atoms with E-state index in [-0.39, 0.29) is 24.1 Å². The molecular formula is C21H24ClN5O2. The zero-order valence-electron chi connectivity index (χ0n) is 16.0. The summed E-state index contributed by atoms with van der Waals surface area (Å²) in [4.78, 5) is 12.6. The second-order valence-corrected chi connectivity index (χ2v) is 6.37. The SMILES string of the molecule is COC(C(=O)NCc1ccc(C(=N)N)cc1)c1ccn(Cc2ccccc2)n1.Cl. The van der Waals surface area contributed by atoms with E-state index in [0.29, 0.717) is 24.3 Å². The van der Waals surface area contributed by atoms with Crippen LogP contribution >= 0.6 is 12.4 Å². The number of carbonyl (C=O) groups excluding carboxylic acids is 1. The molecule has 0 aliphatic heterocycles. The molecule has 3 aromatic rings. The number of ether oxygens (including phenoxy) is 1. The van der Waals surface area contributed by atoms with Crippen LogP contribution in [0, 0.1) is 5.41 Å². The first-order valence-electron chi connectivity index (χ1n) is 8.88. The monoisotopic (exact) mass is 413 g/mol. The number of amides is 1. The lowest BCUT2D eigenvalue weighted by Gasteiger charge is -2.13. The number of benzene rings is 2. The Morgan fingerprint density at radius 2 is 1.83 bits per heavy atom. The van der Waals surface area contributed by atoms with Crippen molar-refractivity contribution in [1.82, 2.24) is 15.1 Å². The average molecular weight is 414 g/mol. The quantitative estimate of drug-likeness (QED) is 0.390. The first-order chi connectivity index (χ1) is 13.6. The lowest BCUT2D eigenvalue weighted by molar-refractivity contribution is -0.131. The van der Waals surface area contributed by atoms with Crippen LogP contribution in [0.25, 0.3) is 0 Å². The minimum absolute atomic E-state index is 0. The second-order valence-electron chi connectivity index (χ2n) is 6.37. The fourth-order valence-corrected chi connectivity index (χ4v) is 2.82. The summed E-state index contributed by atoms with van der Waals surface area (Å²) in [5, 5.41) is 14.7. The fourth-order valence-electron chi connectivity index (χ4n) is 2.82. The van der Waals surface area contributed by atoms with E-state index in [4.69, 9.17) is 15.9 Å². The molecule has 4 N–H and O–H groups in total. The predicted molar refractivity (Wildman–Crippen MR) is 114 cm³/mol. The maximum atomic E-state index is 12.6. The third kappa shape index (κ3) is 5.91. The van der Waals surface area contributed by atoms with Gasteiger partial charge in [-0.2, -0.15) is 5.10 Å². The second kappa shape index (κ2) is 10.4. The molecule has 3 rings (SSSR count). The Bertz CT molecular complexity index is 941. The van der Waals surface area contributed by atoms with Gasteiger partial charge in [-0.25, -0.2) is 0 Å². The van der Waals surface area contributed by atoms with Crippen molar-refractivity contribution in [3.63, 3.8) is 0 Å². The standard InChI is InChI=1S/C21H23N5O2.ClH/c1-28-19(18-11-12-26(25-18)14-16-5-3-2-4-6-16)21(27)24-13-15-7-9-17(10-8-15)20(22)23;/h2-12,19H,13-14H2,1H3,(H3,22,23)(H,24,27);1H. The Kier molecular flexibility index (Phi) is 7.94. The zero-order valence-corrected chi connectivity index (χ0v) is 16.9. The number of carbonyl (C=O) groups is 1. The van der Waals surface area contributed by atoms with Crippen LogP contribution in [0.5, 0.6) is 0 Å². The summed E-state index contributed by atoms with van der Waals surface area (Å²) in [5.41, 5.74) is 8.69. The van der Waals surface area contributed by atoms with Crippen LogP contribution in [0.4, 0.5) is 0 Å². The molecule has 1 amide bonds. The molecule has 0 bridgehead atoms. The maximum absolute atomic E-state index is 12.6. The molecule has 8 heteroatoms. The highest BCUT2D eigenvalue weighted by Gasteiger charge is 2.22. The molecule has 1 aromatic heterocycles. The van der Waals surface area contributed by atoms with Crippen molar-refractivity contribution >= 4 is 24.1 Å². The van der Waals surface area contributed by atoms with Crippen molar-refractivity contribution < 1.29 is 9.53 Å². The Hall–Kier alpha value is -3.16. The molecule has 2 aromatic carbocycles. The van der Waals surface area contributed by atoms with E-state index in [9.17, 15) is 4.79 Å². The lowest BCUT2D eigenvalue weighted by atomic mass is 10.1. The van der Waals surface area contributed by atoms with E-state index in [1.165, 1.54) is 7.11 Å². The molecule has 7 nitrogen and oxygen atoms in total. The number of rotatable bonds is 8. The summed E-state index contributed by atoms with van der Waals surface area (Å²) in [5.74, 6) is -0.246. The van der Waals surface area contributed by atoms with E-state index < -0.39 is 6.10 Å². The highest BCUT2D eigenvalue weighted by molar-refractivity contribution is 5.94. The van der Waals surface area contributed by atoms with Crippen molar-refractivity contribution in [3.8, 4) is 0 Å². The Labute approximate surface area is 175 Å². The molecule has 0 aliphatic carbocycles. The highest BCUT2D eigenvalue weighted by atomic mass is 35.5. The van der Waals surface area contributed by atoms with Crippen LogP contribution in [0.2, 0.25) is 0 Å². The topological polar surface area (TPSA) is 106 Å². The van der Waals surface area contributed by atoms with Crippen LogP contribution < -0.4 is 11.1 Å². The van der Waals surface area contributed by atoms with Crippen molar-refractivity contribution in [2.24, 2.45) is 5.73 Å². The van der Waals surface area contributed by atoms with Gasteiger partial charge in [0.2, 0.25) is 0 Å². The van der Waals surface area contributed by atoms with Gasteiger partial charge in [0.15, 0.2) is 6.10 Å². The van der Waals surface area contributed by atoms with Gasteiger partial charge < -0.3 is 15.8 Å². The number of methoxy groups -OCH3 is 1. The normalized spacial score (nSPS) is 11.3. The first kappa shape index (κ1) is 22.1. The third-order valence-electron chi connectivity index (χ3n) is 4.32. The number of nitrogen functional groups attached to an aromatic ring is 1. The molecule has 0 saturated heterocycles. The van der Waals surface area contributed by atoms with Gasteiger partial charge in [0.1, 0.15) is 11.5 Å². The molecule has 0 saturated carbocycles. The van der Waals surface area contributed by atoms with Gasteiger partial charge in [-0.3, -0.25) is 14.9 Å². The van der Waals surface area contributed by atoms with Gasteiger partial charge in [-0.1, -0.05) is 54.6 Å². The van der Waals surface area contributed by atoms with Gasteiger partial charge >= 0.3 is 0 Å². The van der Waals surface area contributed by atoms with E-state index >= 15 is 0 Å². The van der Waals surface area contributed by atoms with E-state index in [1.54, 1.807) is 22.9 Å². The lowest BCUT2D eigenvalue weighted by Crippen LogP contribution is -2.30. The number of hydrogen-bond acceptors (Lipinski definition) is 4. The largest absolute Gasteiger partial charge is 0.384 e. The van der Waals surface area contributed by atoms with Crippen molar-refractivity contribution in [1.29, 1.82) is 5.41 Å². The molecule has 0 spiro atoms. The van der Waals surface area contributed by atoms with Crippen LogP contribution in [0.1, 0.15) is 28.5 Å². The number of nitrogens with zero attached hydrogens (tertiary/aromatic N) is 2. The Morgan fingerprint density at radius 1 is 1.14 bits per heavy atom. The van der Waals surface area contributed by atoms with Crippen LogP contribution in [-0.4, -0.2) is 28.6 Å². The van der Waals surface area contributed by atoms with Crippen molar-refractivity contribution in [2.75, 3.05) is 7.11 Å². The molecule has 0 aliphatic rings. The van der Waals surface area contributed by atoms with E-state index in [2.05, 4.69) is 10.4 Å². The summed E-state index contributed by atoms with van der Waals surface area (Å²) >= 11 is 0. The molecule has 152 valence electrons. The summed E-state index contributed by atoms with van der Waals surface area (Å²) in [6, 6.07) is 18.9. The minimum atomic E-state index is -0.784. The summed E-state index contributed by atoms with van der Waals surface area (Å²) in [6.45, 7) is 0.975. The van der Waals surface area contributed by atoms with Gasteiger partial charge in [0.05, 0.1) is 6.54 Å². The van der Waals surface area contributed by atoms with Gasteiger partial charge in [-0.05, 0) is 17.2 Å². The van der Waals surface area contributed by atoms with Crippen molar-refractivity contribution in [3.05, 3.63) is 89.2 Å². The van der Waals surface area contributed by atoms with Crippen LogP contribution in [0.15, 0.2) is 66.9 Å². The molecule has 0 fully saturated rings. The number of amidine groups is 1. The molecule has 1 unspecified atom stereocenters. The fraction of sp³-hybridized carbons (Fsp3) is 0.190. The summed E-state index contributed by atoms with van der Waals surface area (Å²) in [7, 11) is 1.49. The molecule has 29 heavy (non-hydrogen) atoms. The maximum Gasteiger partial charge on any atom is 0.255 e. The third-order valence-corrected chi connectivity index (χ3v) is 4.32. The number of halogens is 1. The Morgan fingerprint density at radius 3 is 2.45 bits per heavy atom. The number of aromatic nitrogens is 2. The molecule has 0 radical (unpaired) electrons. The van der Waals surface area contributed by atoms with Gasteiger partial charge in [-0.15, -0.1) is 12.4 Å². The predicted octanol–water partition coefficient (Wildman–Crippen LogP) is 2.64. The summed E-state index contributed by atoms with van der Waals surface area (Å²) < 4.78 is 7.15. The van der Waals surface area contributed by atoms with Crippen LogP contribution in [-0.2, 0) is 22.6 Å². The number of nitrogens with two attached hydrogens (primary N) is 1. The van der Waals surface area contributed by atoms with E-state index in [0.717, 1.165) is 11.1 Å². The van der Waals surface area contributed by atoms with Gasteiger partial charge in [0.25, 0.3) is 5.91 Å². The Balaban J connectivity index is 0.00000300. The highest BCUT2D eigenvalue weighted by Crippen LogP contribution is 2.15. The molecular weight excluding hydrogens is 390 g/mol. The zero-order chi connectivity index (χ0) is 19.9. The minimum Gasteiger partial charge on any atom is -0.384 e. The van der Waals surface area contributed by atoms with E-state index in [1.807, 2.05) is 48.7 Å². The van der Waals surface area contributed by atoms with Crippen molar-refractivity contribution in [2.45, 2.75) is 19.2 Å². The summed E-state index contributed by atoms with van der Waals surface area (Å²) in [6.07, 6.45) is 1.05. The molecule has 1 heterocycles. The van der Waals surface area contributed by atoms with Crippen LogP contribution in [0.3, 0.4) is 0 Å². The van der Waals surface area contributed by atoms with Gasteiger partial charge in [0, 0.05) is 25.4 Å². The average Bonchev–Trinajstić information content (AvgIpc) is 3.16. The number of hydrogen-bond donors (Lipinski definition) is 3. The smallest absolute Gasteiger partial charge is 0.255 e.